The standard InChI is InChI=1S/C14H18N2O/c1-16-14-9-5-8-12(10-13(14)15)17-11-6-3-2-4-7-11/h2-4,6-7,10,16H,5,8-9,15H2,1H3. The highest BCUT2D eigenvalue weighted by molar-refractivity contribution is 5.29. The molecular formula is C14H18N2O. The lowest BCUT2D eigenvalue weighted by atomic mass is 10.2. The van der Waals surface area contributed by atoms with Crippen LogP contribution in [0.2, 0.25) is 0 Å². The van der Waals surface area contributed by atoms with E-state index in [2.05, 4.69) is 5.32 Å². The molecule has 0 saturated carbocycles. The molecule has 3 heteroatoms. The molecule has 1 aromatic carbocycles. The van der Waals surface area contributed by atoms with Gasteiger partial charge in [0.05, 0.1) is 5.70 Å². The molecule has 1 aliphatic rings. The molecule has 0 saturated heterocycles. The first-order chi connectivity index (χ1) is 8.29. The molecule has 0 heterocycles. The third-order valence-electron chi connectivity index (χ3n) is 2.81. The van der Waals surface area contributed by atoms with Crippen molar-refractivity contribution in [2.75, 3.05) is 7.05 Å². The van der Waals surface area contributed by atoms with Gasteiger partial charge in [-0.25, -0.2) is 0 Å². The Hall–Kier alpha value is -1.90. The number of nitrogens with one attached hydrogen (secondary N) is 1. The van der Waals surface area contributed by atoms with Crippen molar-refractivity contribution in [3.63, 3.8) is 0 Å². The summed E-state index contributed by atoms with van der Waals surface area (Å²) < 4.78 is 5.82. The number of allylic oxidation sites excluding steroid dienone is 3. The normalized spacial score (nSPS) is 16.2. The Morgan fingerprint density at radius 1 is 1.18 bits per heavy atom. The molecule has 2 rings (SSSR count). The predicted octanol–water partition coefficient (Wildman–Crippen LogP) is 2.52. The van der Waals surface area contributed by atoms with Crippen LogP contribution in [0.4, 0.5) is 0 Å². The Morgan fingerprint density at radius 2 is 1.94 bits per heavy atom. The predicted molar refractivity (Wildman–Crippen MR) is 69.3 cm³/mol. The maximum absolute atomic E-state index is 5.99. The highest BCUT2D eigenvalue weighted by atomic mass is 16.5. The van der Waals surface area contributed by atoms with Crippen molar-refractivity contribution in [1.82, 2.24) is 5.32 Å². The van der Waals surface area contributed by atoms with E-state index < -0.39 is 0 Å². The number of nitrogens with two attached hydrogens (primary N) is 1. The van der Waals surface area contributed by atoms with Crippen LogP contribution in [0.1, 0.15) is 19.3 Å². The number of hydrogen-bond donors (Lipinski definition) is 2. The summed E-state index contributed by atoms with van der Waals surface area (Å²) in [5, 5.41) is 3.13. The molecule has 0 bridgehead atoms. The van der Waals surface area contributed by atoms with Crippen LogP contribution >= 0.6 is 0 Å². The van der Waals surface area contributed by atoms with Crippen molar-refractivity contribution in [1.29, 1.82) is 0 Å². The van der Waals surface area contributed by atoms with E-state index in [0.717, 1.165) is 42.2 Å². The summed E-state index contributed by atoms with van der Waals surface area (Å²) in [6.45, 7) is 0. The van der Waals surface area contributed by atoms with E-state index in [1.54, 1.807) is 0 Å². The molecule has 3 nitrogen and oxygen atoms in total. The second-order valence-corrected chi connectivity index (χ2v) is 4.06. The van der Waals surface area contributed by atoms with Gasteiger partial charge < -0.3 is 15.8 Å². The molecule has 0 amide bonds. The van der Waals surface area contributed by atoms with E-state index in [0.29, 0.717) is 0 Å². The molecule has 0 atom stereocenters. The van der Waals surface area contributed by atoms with Crippen molar-refractivity contribution in [2.24, 2.45) is 5.73 Å². The number of para-hydroxylation sites is 1. The minimum absolute atomic E-state index is 0.774. The second-order valence-electron chi connectivity index (χ2n) is 4.06. The molecule has 3 N–H and O–H groups in total. The van der Waals surface area contributed by atoms with Gasteiger partial charge in [0.2, 0.25) is 0 Å². The van der Waals surface area contributed by atoms with E-state index in [-0.39, 0.29) is 0 Å². The van der Waals surface area contributed by atoms with Gasteiger partial charge in [0.1, 0.15) is 11.5 Å². The van der Waals surface area contributed by atoms with Crippen molar-refractivity contribution < 1.29 is 4.74 Å². The van der Waals surface area contributed by atoms with Gasteiger partial charge in [-0.1, -0.05) is 18.2 Å². The Labute approximate surface area is 102 Å². The van der Waals surface area contributed by atoms with Crippen LogP contribution in [-0.4, -0.2) is 7.05 Å². The summed E-state index contributed by atoms with van der Waals surface area (Å²) in [6, 6.07) is 9.80. The molecule has 0 spiro atoms. The number of benzene rings is 1. The average Bonchev–Trinajstić information content (AvgIpc) is 2.52. The van der Waals surface area contributed by atoms with Crippen LogP contribution < -0.4 is 15.8 Å². The summed E-state index contributed by atoms with van der Waals surface area (Å²) >= 11 is 0. The van der Waals surface area contributed by atoms with Gasteiger partial charge in [-0.15, -0.1) is 0 Å². The fourth-order valence-corrected chi connectivity index (χ4v) is 1.91. The molecule has 90 valence electrons. The van der Waals surface area contributed by atoms with Crippen LogP contribution in [0.3, 0.4) is 0 Å². The van der Waals surface area contributed by atoms with Gasteiger partial charge in [-0.05, 0) is 25.0 Å². The first-order valence-corrected chi connectivity index (χ1v) is 5.89. The third kappa shape index (κ3) is 3.03. The van der Waals surface area contributed by atoms with Crippen molar-refractivity contribution in [3.05, 3.63) is 53.6 Å². The Kier molecular flexibility index (Phi) is 3.70. The van der Waals surface area contributed by atoms with E-state index >= 15 is 0 Å². The lowest BCUT2D eigenvalue weighted by molar-refractivity contribution is 0.400. The van der Waals surface area contributed by atoms with Crippen molar-refractivity contribution >= 4 is 0 Å². The van der Waals surface area contributed by atoms with E-state index in [4.69, 9.17) is 10.5 Å². The molecule has 0 radical (unpaired) electrons. The lowest BCUT2D eigenvalue weighted by Gasteiger charge is -2.08. The highest BCUT2D eigenvalue weighted by Crippen LogP contribution is 2.22. The van der Waals surface area contributed by atoms with Gasteiger partial charge in [0.25, 0.3) is 0 Å². The zero-order valence-electron chi connectivity index (χ0n) is 10.1. The molecule has 1 aliphatic carbocycles. The number of rotatable bonds is 3. The SMILES string of the molecule is CNC1=C(N)C=C(Oc2ccccc2)CCC1. The minimum atomic E-state index is 0.774. The quantitative estimate of drug-likeness (QED) is 0.838. The molecule has 0 aliphatic heterocycles. The van der Waals surface area contributed by atoms with Crippen LogP contribution in [0.5, 0.6) is 5.75 Å². The van der Waals surface area contributed by atoms with Crippen LogP contribution in [0, 0.1) is 0 Å². The largest absolute Gasteiger partial charge is 0.462 e. The minimum Gasteiger partial charge on any atom is -0.462 e. The number of ether oxygens (including phenoxy) is 1. The van der Waals surface area contributed by atoms with E-state index in [9.17, 15) is 0 Å². The Morgan fingerprint density at radius 3 is 2.65 bits per heavy atom. The fourth-order valence-electron chi connectivity index (χ4n) is 1.91. The summed E-state index contributed by atoms with van der Waals surface area (Å²) in [6.07, 6.45) is 4.86. The lowest BCUT2D eigenvalue weighted by Crippen LogP contribution is -2.12. The summed E-state index contributed by atoms with van der Waals surface area (Å²) in [5.74, 6) is 1.79. The topological polar surface area (TPSA) is 47.3 Å². The smallest absolute Gasteiger partial charge is 0.126 e. The molecule has 0 aromatic heterocycles. The summed E-state index contributed by atoms with van der Waals surface area (Å²) in [4.78, 5) is 0. The Bertz CT molecular complexity index is 435. The van der Waals surface area contributed by atoms with Gasteiger partial charge in [-0.2, -0.15) is 0 Å². The molecule has 0 unspecified atom stereocenters. The second kappa shape index (κ2) is 5.43. The van der Waals surface area contributed by atoms with Crippen LogP contribution in [0.25, 0.3) is 0 Å². The highest BCUT2D eigenvalue weighted by Gasteiger charge is 2.10. The van der Waals surface area contributed by atoms with Crippen molar-refractivity contribution in [3.8, 4) is 5.75 Å². The zero-order valence-corrected chi connectivity index (χ0v) is 10.1. The van der Waals surface area contributed by atoms with Crippen LogP contribution in [-0.2, 0) is 0 Å². The molecule has 1 aromatic rings. The van der Waals surface area contributed by atoms with Gasteiger partial charge >= 0.3 is 0 Å². The Balaban J connectivity index is 2.14. The zero-order chi connectivity index (χ0) is 12.1. The maximum atomic E-state index is 5.99. The van der Waals surface area contributed by atoms with Crippen molar-refractivity contribution in [2.45, 2.75) is 19.3 Å². The summed E-state index contributed by atoms with van der Waals surface area (Å²) in [7, 11) is 1.90. The molecule has 0 fully saturated rings. The molecule has 17 heavy (non-hydrogen) atoms. The first-order valence-electron chi connectivity index (χ1n) is 5.89. The third-order valence-corrected chi connectivity index (χ3v) is 2.81. The first kappa shape index (κ1) is 11.6. The van der Waals surface area contributed by atoms with Gasteiger partial charge in [0.15, 0.2) is 0 Å². The van der Waals surface area contributed by atoms with Gasteiger partial charge in [0, 0.05) is 25.2 Å². The number of hydrogen-bond acceptors (Lipinski definition) is 3. The average molecular weight is 230 g/mol. The van der Waals surface area contributed by atoms with Crippen LogP contribution in [0.15, 0.2) is 53.6 Å². The monoisotopic (exact) mass is 230 g/mol. The van der Waals surface area contributed by atoms with E-state index in [1.807, 2.05) is 43.5 Å². The molecular weight excluding hydrogens is 212 g/mol. The fraction of sp³-hybridized carbons (Fsp3) is 0.286. The van der Waals surface area contributed by atoms with Gasteiger partial charge in [-0.3, -0.25) is 0 Å². The van der Waals surface area contributed by atoms with E-state index in [1.165, 1.54) is 0 Å². The summed E-state index contributed by atoms with van der Waals surface area (Å²) in [5.41, 5.74) is 7.86. The maximum Gasteiger partial charge on any atom is 0.126 e.